The van der Waals surface area contributed by atoms with Crippen LogP contribution < -0.4 is 15.4 Å². The summed E-state index contributed by atoms with van der Waals surface area (Å²) in [6, 6.07) is 1.63. The molecular formula is C8H10N4O2S. The van der Waals surface area contributed by atoms with E-state index >= 15 is 0 Å². The lowest BCUT2D eigenvalue weighted by atomic mass is 10.4. The van der Waals surface area contributed by atoms with Crippen molar-refractivity contribution in [1.29, 1.82) is 0 Å². The Balaban J connectivity index is 3.17. The van der Waals surface area contributed by atoms with Gasteiger partial charge in [-0.1, -0.05) is 0 Å². The Kier molecular flexibility index (Phi) is 3.51. The van der Waals surface area contributed by atoms with Crippen LogP contribution in [0, 0.1) is 6.92 Å². The average Bonchev–Trinajstić information content (AvgIpc) is 2.17. The first-order chi connectivity index (χ1) is 7.08. The van der Waals surface area contributed by atoms with Crippen molar-refractivity contribution in [1.82, 2.24) is 9.97 Å². The molecule has 0 atom stereocenters. The van der Waals surface area contributed by atoms with Crippen molar-refractivity contribution in [3.8, 4) is 5.88 Å². The van der Waals surface area contributed by atoms with Gasteiger partial charge >= 0.3 is 0 Å². The highest BCUT2D eigenvalue weighted by Crippen LogP contribution is 2.13. The molecule has 0 spiro atoms. The van der Waals surface area contributed by atoms with E-state index in [2.05, 4.69) is 22.2 Å². The van der Waals surface area contributed by atoms with Crippen LogP contribution in [-0.2, 0) is 4.79 Å². The van der Waals surface area contributed by atoms with Gasteiger partial charge < -0.3 is 10.5 Å². The van der Waals surface area contributed by atoms with Crippen LogP contribution in [0.1, 0.15) is 5.69 Å². The van der Waals surface area contributed by atoms with Gasteiger partial charge in [0.05, 0.1) is 7.11 Å². The number of aryl methyl sites for hydroxylation is 1. The molecule has 1 aromatic rings. The van der Waals surface area contributed by atoms with Crippen molar-refractivity contribution in [2.24, 2.45) is 5.73 Å². The van der Waals surface area contributed by atoms with Crippen molar-refractivity contribution in [3.05, 3.63) is 11.8 Å². The van der Waals surface area contributed by atoms with Crippen LogP contribution in [-0.4, -0.2) is 28.6 Å². The highest BCUT2D eigenvalue weighted by Gasteiger charge is 2.13. The Morgan fingerprint density at radius 2 is 2.33 bits per heavy atom. The first kappa shape index (κ1) is 11.3. The fourth-order valence-corrected chi connectivity index (χ4v) is 1.06. The van der Waals surface area contributed by atoms with Crippen molar-refractivity contribution in [3.63, 3.8) is 0 Å². The summed E-state index contributed by atoms with van der Waals surface area (Å²) in [6.07, 6.45) is 0.455. The van der Waals surface area contributed by atoms with Crippen LogP contribution in [0.3, 0.4) is 0 Å². The molecule has 0 aliphatic rings. The zero-order valence-electron chi connectivity index (χ0n) is 8.30. The molecule has 0 saturated carbocycles. The summed E-state index contributed by atoms with van der Waals surface area (Å²) in [4.78, 5) is 19.6. The number of thiocarbonyl (C=S) groups is 1. The normalized spacial score (nSPS) is 9.47. The van der Waals surface area contributed by atoms with Crippen LogP contribution in [0.4, 0.5) is 5.95 Å². The van der Waals surface area contributed by atoms with E-state index in [1.807, 2.05) is 0 Å². The van der Waals surface area contributed by atoms with Crippen LogP contribution >= 0.6 is 12.2 Å². The summed E-state index contributed by atoms with van der Waals surface area (Å²) in [5, 5.41) is -0.113. The molecule has 1 rings (SSSR count). The molecule has 0 aliphatic heterocycles. The van der Waals surface area contributed by atoms with Gasteiger partial charge in [0, 0.05) is 11.8 Å². The lowest BCUT2D eigenvalue weighted by molar-refractivity contribution is -0.106. The summed E-state index contributed by atoms with van der Waals surface area (Å²) < 4.78 is 4.93. The van der Waals surface area contributed by atoms with E-state index in [4.69, 9.17) is 10.5 Å². The van der Waals surface area contributed by atoms with E-state index in [1.165, 1.54) is 7.11 Å². The molecule has 15 heavy (non-hydrogen) atoms. The van der Waals surface area contributed by atoms with Crippen LogP contribution in [0.2, 0.25) is 0 Å². The molecule has 0 aliphatic carbocycles. The maximum atomic E-state index is 10.7. The monoisotopic (exact) mass is 226 g/mol. The molecule has 1 heterocycles. The van der Waals surface area contributed by atoms with E-state index in [-0.39, 0.29) is 11.1 Å². The van der Waals surface area contributed by atoms with Crippen LogP contribution in [0.25, 0.3) is 0 Å². The van der Waals surface area contributed by atoms with E-state index in [0.717, 1.165) is 4.90 Å². The van der Waals surface area contributed by atoms with E-state index in [1.54, 1.807) is 13.0 Å². The van der Waals surface area contributed by atoms with Gasteiger partial charge in [-0.3, -0.25) is 4.79 Å². The minimum Gasteiger partial charge on any atom is -0.481 e. The lowest BCUT2D eigenvalue weighted by Gasteiger charge is -2.13. The molecule has 0 saturated heterocycles. The number of hydrogen-bond acceptors (Lipinski definition) is 5. The molecule has 1 aromatic heterocycles. The fourth-order valence-electron chi connectivity index (χ4n) is 0.934. The second-order valence-electron chi connectivity index (χ2n) is 2.67. The largest absolute Gasteiger partial charge is 0.481 e. The molecule has 6 nitrogen and oxygen atoms in total. The number of amides is 1. The maximum absolute atomic E-state index is 10.7. The second-order valence-corrected chi connectivity index (χ2v) is 3.08. The predicted octanol–water partition coefficient (Wildman–Crippen LogP) is 0.0000200. The minimum absolute atomic E-state index is 0.106. The van der Waals surface area contributed by atoms with E-state index < -0.39 is 0 Å². The van der Waals surface area contributed by atoms with Gasteiger partial charge in [-0.05, 0) is 19.1 Å². The fraction of sp³-hybridized carbons (Fsp3) is 0.250. The SMILES string of the molecule is COc1cc(C)nc(N(C=O)C(N)=S)n1. The molecule has 0 radical (unpaired) electrons. The Labute approximate surface area is 92.1 Å². The topological polar surface area (TPSA) is 81.3 Å². The third kappa shape index (κ3) is 2.59. The van der Waals surface area contributed by atoms with Gasteiger partial charge in [-0.2, -0.15) is 4.98 Å². The molecule has 80 valence electrons. The summed E-state index contributed by atoms with van der Waals surface area (Å²) >= 11 is 4.67. The summed E-state index contributed by atoms with van der Waals surface area (Å²) in [7, 11) is 1.47. The van der Waals surface area contributed by atoms with E-state index in [0.29, 0.717) is 18.0 Å². The zero-order valence-corrected chi connectivity index (χ0v) is 9.11. The average molecular weight is 226 g/mol. The third-order valence-corrected chi connectivity index (χ3v) is 1.78. The van der Waals surface area contributed by atoms with Gasteiger partial charge in [0.1, 0.15) is 0 Å². The predicted molar refractivity (Wildman–Crippen MR) is 58.6 cm³/mol. The van der Waals surface area contributed by atoms with E-state index in [9.17, 15) is 4.79 Å². The van der Waals surface area contributed by atoms with Crippen molar-refractivity contribution in [2.75, 3.05) is 12.0 Å². The molecule has 0 aromatic carbocycles. The number of nitrogens with zero attached hydrogens (tertiary/aromatic N) is 3. The highest BCUT2D eigenvalue weighted by atomic mass is 32.1. The number of nitrogens with two attached hydrogens (primary N) is 1. The lowest BCUT2D eigenvalue weighted by Crippen LogP contribution is -2.35. The zero-order chi connectivity index (χ0) is 11.4. The first-order valence-corrected chi connectivity index (χ1v) is 4.43. The number of methoxy groups -OCH3 is 1. The Hall–Kier alpha value is -1.76. The molecule has 1 amide bonds. The quantitative estimate of drug-likeness (QED) is 0.577. The van der Waals surface area contributed by atoms with Gasteiger partial charge in [-0.15, -0.1) is 0 Å². The van der Waals surface area contributed by atoms with Crippen LogP contribution in [0.5, 0.6) is 5.88 Å². The van der Waals surface area contributed by atoms with Crippen LogP contribution in [0.15, 0.2) is 6.07 Å². The van der Waals surface area contributed by atoms with Crippen molar-refractivity contribution >= 4 is 29.7 Å². The number of carbonyl (C=O) groups is 1. The molecule has 2 N–H and O–H groups in total. The second kappa shape index (κ2) is 4.65. The smallest absolute Gasteiger partial charge is 0.242 e. The first-order valence-electron chi connectivity index (χ1n) is 4.02. The molecular weight excluding hydrogens is 216 g/mol. The number of rotatable bonds is 3. The highest BCUT2D eigenvalue weighted by molar-refractivity contribution is 7.80. The van der Waals surface area contributed by atoms with Crippen molar-refractivity contribution in [2.45, 2.75) is 6.92 Å². The number of anilines is 1. The third-order valence-electron chi connectivity index (χ3n) is 1.59. The summed E-state index contributed by atoms with van der Waals surface area (Å²) in [6.45, 7) is 1.75. The minimum atomic E-state index is -0.113. The van der Waals surface area contributed by atoms with Gasteiger partial charge in [0.2, 0.25) is 18.2 Å². The van der Waals surface area contributed by atoms with Gasteiger partial charge in [0.15, 0.2) is 5.11 Å². The number of aromatic nitrogens is 2. The molecule has 0 bridgehead atoms. The Morgan fingerprint density at radius 3 is 2.80 bits per heavy atom. The number of carbonyl (C=O) groups excluding carboxylic acids is 1. The Morgan fingerprint density at radius 1 is 1.67 bits per heavy atom. The number of hydrogen-bond donors (Lipinski definition) is 1. The summed E-state index contributed by atoms with van der Waals surface area (Å²) in [5.74, 6) is 0.454. The molecule has 0 fully saturated rings. The summed E-state index contributed by atoms with van der Waals surface area (Å²) in [5.41, 5.74) is 5.98. The molecule has 0 unspecified atom stereocenters. The number of ether oxygens (including phenoxy) is 1. The standard InChI is InChI=1S/C8H10N4O2S/c1-5-3-6(14-2)11-8(10-5)12(4-13)7(9)15/h3-4H,1-2H3,(H2,9,15). The Bertz CT molecular complexity index is 396. The maximum Gasteiger partial charge on any atom is 0.242 e. The molecule has 7 heteroatoms. The van der Waals surface area contributed by atoms with Gasteiger partial charge in [-0.25, -0.2) is 9.88 Å². The van der Waals surface area contributed by atoms with Crippen molar-refractivity contribution < 1.29 is 9.53 Å². The van der Waals surface area contributed by atoms with Gasteiger partial charge in [0.25, 0.3) is 0 Å².